The molecule has 1 aromatic carbocycles. The Balaban J connectivity index is 2.52. The minimum atomic E-state index is -0.501. The number of aliphatic hydroxyl groups is 1. The van der Waals surface area contributed by atoms with Crippen LogP contribution >= 0.6 is 0 Å². The van der Waals surface area contributed by atoms with E-state index < -0.39 is 6.10 Å². The normalized spacial score (nSPS) is 12.0. The van der Waals surface area contributed by atoms with Gasteiger partial charge in [-0.15, -0.1) is 0 Å². The fraction of sp³-hybridized carbons (Fsp3) is 0.533. The van der Waals surface area contributed by atoms with Crippen molar-refractivity contribution in [2.24, 2.45) is 0 Å². The zero-order chi connectivity index (χ0) is 15.0. The molecule has 0 radical (unpaired) electrons. The third kappa shape index (κ3) is 5.19. The molecule has 0 saturated carbocycles. The van der Waals surface area contributed by atoms with Gasteiger partial charge in [-0.25, -0.2) is 0 Å². The van der Waals surface area contributed by atoms with Crippen LogP contribution in [0, 0.1) is 0 Å². The molecule has 0 aliphatic heterocycles. The fourth-order valence-corrected chi connectivity index (χ4v) is 1.88. The molecule has 0 bridgehead atoms. The van der Waals surface area contributed by atoms with Gasteiger partial charge >= 0.3 is 5.97 Å². The van der Waals surface area contributed by atoms with Crippen molar-refractivity contribution in [2.75, 3.05) is 38.7 Å². The first-order valence-electron chi connectivity index (χ1n) is 6.87. The number of nitrogens with zero attached hydrogens (tertiary/aromatic N) is 1. The van der Waals surface area contributed by atoms with Crippen LogP contribution in [-0.4, -0.2) is 44.9 Å². The highest BCUT2D eigenvalue weighted by Crippen LogP contribution is 2.18. The van der Waals surface area contributed by atoms with Crippen LogP contribution in [0.3, 0.4) is 0 Å². The van der Waals surface area contributed by atoms with Gasteiger partial charge in [-0.1, -0.05) is 12.1 Å². The number of benzene rings is 1. The van der Waals surface area contributed by atoms with Crippen molar-refractivity contribution in [2.45, 2.75) is 19.4 Å². The lowest BCUT2D eigenvalue weighted by molar-refractivity contribution is -0.142. The second-order valence-electron chi connectivity index (χ2n) is 4.64. The molecule has 20 heavy (non-hydrogen) atoms. The summed E-state index contributed by atoms with van der Waals surface area (Å²) >= 11 is 0. The van der Waals surface area contributed by atoms with Crippen LogP contribution in [0.4, 0.5) is 5.69 Å². The van der Waals surface area contributed by atoms with Gasteiger partial charge in [0, 0.05) is 25.8 Å². The predicted octanol–water partition coefficient (Wildman–Crippen LogP) is 1.33. The Labute approximate surface area is 120 Å². The summed E-state index contributed by atoms with van der Waals surface area (Å²) in [5.74, 6) is -0.180. The Kier molecular flexibility index (Phi) is 7.04. The molecule has 1 unspecified atom stereocenters. The average Bonchev–Trinajstić information content (AvgIpc) is 2.45. The number of aliphatic hydroxyl groups excluding tert-OH is 1. The summed E-state index contributed by atoms with van der Waals surface area (Å²) < 4.78 is 4.90. The van der Waals surface area contributed by atoms with Gasteiger partial charge in [0.15, 0.2) is 0 Å². The Morgan fingerprint density at radius 2 is 2.05 bits per heavy atom. The van der Waals surface area contributed by atoms with Gasteiger partial charge in [-0.3, -0.25) is 4.79 Å². The molecule has 1 atom stereocenters. The Hall–Kier alpha value is -1.59. The zero-order valence-corrected chi connectivity index (χ0v) is 12.4. The van der Waals surface area contributed by atoms with Crippen molar-refractivity contribution in [1.29, 1.82) is 0 Å². The van der Waals surface area contributed by atoms with E-state index in [2.05, 4.69) is 5.32 Å². The van der Waals surface area contributed by atoms with Crippen LogP contribution in [0.2, 0.25) is 0 Å². The fourth-order valence-electron chi connectivity index (χ4n) is 1.88. The number of ether oxygens (including phenoxy) is 1. The quantitative estimate of drug-likeness (QED) is 0.703. The molecule has 0 amide bonds. The van der Waals surface area contributed by atoms with Crippen molar-refractivity contribution in [3.63, 3.8) is 0 Å². The molecule has 0 spiro atoms. The summed E-state index contributed by atoms with van der Waals surface area (Å²) in [4.78, 5) is 13.3. The van der Waals surface area contributed by atoms with Gasteiger partial charge in [0.2, 0.25) is 0 Å². The zero-order valence-electron chi connectivity index (χ0n) is 12.4. The number of hydrogen-bond donors (Lipinski definition) is 2. The lowest BCUT2D eigenvalue weighted by Gasteiger charge is -2.19. The van der Waals surface area contributed by atoms with Gasteiger partial charge in [0.25, 0.3) is 0 Å². The number of carbonyl (C=O) groups is 1. The molecule has 5 heteroatoms. The van der Waals surface area contributed by atoms with Crippen molar-refractivity contribution in [3.05, 3.63) is 29.8 Å². The Bertz CT molecular complexity index is 406. The molecular weight excluding hydrogens is 256 g/mol. The first kappa shape index (κ1) is 16.5. The van der Waals surface area contributed by atoms with Crippen LogP contribution in [0.25, 0.3) is 0 Å². The second-order valence-corrected chi connectivity index (χ2v) is 4.64. The van der Waals surface area contributed by atoms with Gasteiger partial charge < -0.3 is 20.1 Å². The number of anilines is 1. The number of esters is 1. The van der Waals surface area contributed by atoms with E-state index in [1.807, 2.05) is 36.2 Å². The van der Waals surface area contributed by atoms with Crippen LogP contribution in [-0.2, 0) is 9.53 Å². The molecule has 0 heterocycles. The smallest absolute Gasteiger partial charge is 0.307 e. The van der Waals surface area contributed by atoms with E-state index in [-0.39, 0.29) is 5.97 Å². The monoisotopic (exact) mass is 280 g/mol. The van der Waals surface area contributed by atoms with Crippen LogP contribution in [0.5, 0.6) is 0 Å². The molecule has 2 N–H and O–H groups in total. The lowest BCUT2D eigenvalue weighted by Crippen LogP contribution is -2.22. The number of hydrogen-bond acceptors (Lipinski definition) is 5. The van der Waals surface area contributed by atoms with Crippen LogP contribution in [0.1, 0.15) is 25.0 Å². The standard InChI is InChI=1S/C15H24N2O3/c1-4-20-15(19)9-10-17(3)13-7-5-12(6-8-13)14(18)11-16-2/h5-8,14,16,18H,4,9-11H2,1-3H3. The van der Waals surface area contributed by atoms with E-state index in [0.717, 1.165) is 11.3 Å². The third-order valence-electron chi connectivity index (χ3n) is 3.07. The highest BCUT2D eigenvalue weighted by Gasteiger charge is 2.08. The minimum Gasteiger partial charge on any atom is -0.466 e. The predicted molar refractivity (Wildman–Crippen MR) is 79.8 cm³/mol. The van der Waals surface area contributed by atoms with Crippen molar-refractivity contribution < 1.29 is 14.6 Å². The summed E-state index contributed by atoms with van der Waals surface area (Å²) in [5, 5.41) is 12.8. The van der Waals surface area contributed by atoms with Gasteiger partial charge in [0.1, 0.15) is 0 Å². The van der Waals surface area contributed by atoms with E-state index in [0.29, 0.717) is 26.1 Å². The van der Waals surface area contributed by atoms with Gasteiger partial charge in [0.05, 0.1) is 19.1 Å². The number of rotatable bonds is 8. The molecule has 0 saturated heterocycles. The third-order valence-corrected chi connectivity index (χ3v) is 3.07. The maximum atomic E-state index is 11.3. The number of likely N-dealkylation sites (N-methyl/N-ethyl adjacent to an activating group) is 1. The van der Waals surface area contributed by atoms with E-state index >= 15 is 0 Å². The first-order chi connectivity index (χ1) is 9.58. The average molecular weight is 280 g/mol. The summed E-state index contributed by atoms with van der Waals surface area (Å²) in [6, 6.07) is 7.69. The Morgan fingerprint density at radius 3 is 2.60 bits per heavy atom. The van der Waals surface area contributed by atoms with E-state index in [9.17, 15) is 9.90 Å². The topological polar surface area (TPSA) is 61.8 Å². The van der Waals surface area contributed by atoms with E-state index in [1.165, 1.54) is 0 Å². The Morgan fingerprint density at radius 1 is 1.40 bits per heavy atom. The van der Waals surface area contributed by atoms with Crippen LogP contribution < -0.4 is 10.2 Å². The summed E-state index contributed by atoms with van der Waals surface area (Å²) in [7, 11) is 3.74. The van der Waals surface area contributed by atoms with Crippen molar-refractivity contribution in [1.82, 2.24) is 5.32 Å². The van der Waals surface area contributed by atoms with E-state index in [4.69, 9.17) is 4.74 Å². The van der Waals surface area contributed by atoms with Crippen molar-refractivity contribution >= 4 is 11.7 Å². The summed E-state index contributed by atoms with van der Waals surface area (Å²) in [6.07, 6.45) is -0.132. The molecule has 0 aliphatic carbocycles. The molecule has 0 fully saturated rings. The maximum absolute atomic E-state index is 11.3. The van der Waals surface area contributed by atoms with E-state index in [1.54, 1.807) is 14.0 Å². The SMILES string of the molecule is CCOC(=O)CCN(C)c1ccc(C(O)CNC)cc1. The molecule has 1 aromatic rings. The lowest BCUT2D eigenvalue weighted by atomic mass is 10.1. The molecular formula is C15H24N2O3. The maximum Gasteiger partial charge on any atom is 0.307 e. The second kappa shape index (κ2) is 8.55. The van der Waals surface area contributed by atoms with Gasteiger partial charge in [-0.05, 0) is 31.7 Å². The number of nitrogens with one attached hydrogen (secondary N) is 1. The summed E-state index contributed by atoms with van der Waals surface area (Å²) in [5.41, 5.74) is 1.89. The molecule has 112 valence electrons. The largest absolute Gasteiger partial charge is 0.466 e. The molecule has 0 aliphatic rings. The summed E-state index contributed by atoms with van der Waals surface area (Å²) in [6.45, 7) is 3.35. The molecule has 1 rings (SSSR count). The van der Waals surface area contributed by atoms with Crippen LogP contribution in [0.15, 0.2) is 24.3 Å². The number of carbonyl (C=O) groups excluding carboxylic acids is 1. The van der Waals surface area contributed by atoms with Gasteiger partial charge in [-0.2, -0.15) is 0 Å². The molecule has 0 aromatic heterocycles. The molecule has 5 nitrogen and oxygen atoms in total. The first-order valence-corrected chi connectivity index (χ1v) is 6.87. The highest BCUT2D eigenvalue weighted by molar-refractivity contribution is 5.70. The highest BCUT2D eigenvalue weighted by atomic mass is 16.5. The minimum absolute atomic E-state index is 0.180. The van der Waals surface area contributed by atoms with Crippen molar-refractivity contribution in [3.8, 4) is 0 Å².